The third-order valence-corrected chi connectivity index (χ3v) is 6.19. The van der Waals surface area contributed by atoms with Crippen LogP contribution in [0.5, 0.6) is 0 Å². The van der Waals surface area contributed by atoms with Crippen molar-refractivity contribution < 1.29 is 17.9 Å². The third-order valence-electron chi connectivity index (χ3n) is 4.49. The number of carbonyl (C=O) groups is 1. The Hall–Kier alpha value is -1.51. The van der Waals surface area contributed by atoms with Gasteiger partial charge in [-0.1, -0.05) is 6.07 Å². The molecule has 7 nitrogen and oxygen atoms in total. The van der Waals surface area contributed by atoms with Gasteiger partial charge in [0, 0.05) is 45.2 Å². The van der Waals surface area contributed by atoms with E-state index in [0.29, 0.717) is 19.6 Å². The molecule has 1 aromatic rings. The molecule has 0 radical (unpaired) electrons. The third kappa shape index (κ3) is 3.54. The number of ether oxygens (including phenoxy) is 1. The van der Waals surface area contributed by atoms with Crippen LogP contribution in [0, 0.1) is 0 Å². The molecule has 0 unspecified atom stereocenters. The Bertz CT molecular complexity index is 665. The van der Waals surface area contributed by atoms with Crippen molar-refractivity contribution in [2.24, 2.45) is 0 Å². The van der Waals surface area contributed by atoms with Crippen LogP contribution in [0.4, 0.5) is 0 Å². The Balaban J connectivity index is 1.79. The van der Waals surface area contributed by atoms with Gasteiger partial charge in [-0.15, -0.1) is 0 Å². The summed E-state index contributed by atoms with van der Waals surface area (Å²) in [4.78, 5) is 20.1. The Morgan fingerprint density at radius 1 is 1.35 bits per heavy atom. The van der Waals surface area contributed by atoms with Crippen molar-refractivity contribution in [3.63, 3.8) is 0 Å². The number of hydrogen-bond donors (Lipinski definition) is 0. The zero-order valence-electron chi connectivity index (χ0n) is 13.1. The number of nitrogens with zero attached hydrogens (tertiary/aromatic N) is 3. The van der Waals surface area contributed by atoms with Gasteiger partial charge in [-0.05, 0) is 11.6 Å². The molecule has 2 aliphatic rings. The number of fused-ring (bicyclic) bond motifs is 1. The molecule has 0 spiro atoms. The van der Waals surface area contributed by atoms with E-state index in [4.69, 9.17) is 4.74 Å². The van der Waals surface area contributed by atoms with Crippen molar-refractivity contribution in [1.29, 1.82) is 0 Å². The van der Waals surface area contributed by atoms with Crippen LogP contribution in [0.15, 0.2) is 24.5 Å². The highest BCUT2D eigenvalue weighted by Gasteiger charge is 2.47. The molecule has 1 aromatic heterocycles. The van der Waals surface area contributed by atoms with Gasteiger partial charge in [0.05, 0.1) is 17.5 Å². The minimum absolute atomic E-state index is 0.00806. The van der Waals surface area contributed by atoms with Crippen LogP contribution in [0.2, 0.25) is 0 Å². The largest absolute Gasteiger partial charge is 0.375 e. The van der Waals surface area contributed by atoms with E-state index < -0.39 is 9.84 Å². The number of carbonyl (C=O) groups excluding carboxylic acids is 1. The monoisotopic (exact) mass is 339 g/mol. The molecule has 0 aromatic carbocycles. The van der Waals surface area contributed by atoms with Gasteiger partial charge < -0.3 is 9.64 Å². The average molecular weight is 339 g/mol. The smallest absolute Gasteiger partial charge is 0.248 e. The van der Waals surface area contributed by atoms with Crippen molar-refractivity contribution in [2.45, 2.75) is 18.6 Å². The fraction of sp³-hybridized carbons (Fsp3) is 0.600. The molecule has 2 fully saturated rings. The van der Waals surface area contributed by atoms with E-state index >= 15 is 0 Å². The predicted molar refractivity (Wildman–Crippen MR) is 84.5 cm³/mol. The van der Waals surface area contributed by atoms with Gasteiger partial charge in [-0.25, -0.2) is 8.42 Å². The Labute approximate surface area is 136 Å². The number of methoxy groups -OCH3 is 1. The minimum Gasteiger partial charge on any atom is -0.375 e. The topological polar surface area (TPSA) is 79.8 Å². The summed E-state index contributed by atoms with van der Waals surface area (Å²) in [6.07, 6.45) is 3.51. The standard InChI is InChI=1S/C15H21N3O4S/c1-22-9-15(19)18-6-5-17(8-12-3-2-4-16-7-12)13-10-23(20,21)11-14(13)18/h2-4,7,13-14H,5-6,8-11H2,1H3/t13-,14+/m0/s1. The van der Waals surface area contributed by atoms with Crippen molar-refractivity contribution in [2.75, 3.05) is 38.3 Å². The van der Waals surface area contributed by atoms with Crippen LogP contribution in [-0.2, 0) is 25.9 Å². The zero-order valence-corrected chi connectivity index (χ0v) is 13.9. The van der Waals surface area contributed by atoms with Gasteiger partial charge in [0.25, 0.3) is 0 Å². The summed E-state index contributed by atoms with van der Waals surface area (Å²) < 4.78 is 29.1. The molecule has 3 rings (SSSR count). The van der Waals surface area contributed by atoms with Crippen molar-refractivity contribution in [1.82, 2.24) is 14.8 Å². The molecule has 1 amide bonds. The van der Waals surface area contributed by atoms with E-state index in [-0.39, 0.29) is 36.1 Å². The highest BCUT2D eigenvalue weighted by atomic mass is 32.2. The molecule has 2 saturated heterocycles. The van der Waals surface area contributed by atoms with Gasteiger partial charge in [-0.3, -0.25) is 14.7 Å². The first-order chi connectivity index (χ1) is 11.0. The average Bonchev–Trinajstić information content (AvgIpc) is 2.84. The molecule has 2 atom stereocenters. The van der Waals surface area contributed by atoms with Gasteiger partial charge in [0.15, 0.2) is 9.84 Å². The summed E-state index contributed by atoms with van der Waals surface area (Å²) in [6, 6.07) is 3.41. The van der Waals surface area contributed by atoms with Crippen molar-refractivity contribution in [3.05, 3.63) is 30.1 Å². The lowest BCUT2D eigenvalue weighted by Crippen LogP contribution is -2.60. The number of hydrogen-bond acceptors (Lipinski definition) is 6. The minimum atomic E-state index is -3.13. The highest BCUT2D eigenvalue weighted by Crippen LogP contribution is 2.28. The Kier molecular flexibility index (Phi) is 4.65. The summed E-state index contributed by atoms with van der Waals surface area (Å²) in [5.41, 5.74) is 1.05. The number of pyridine rings is 1. The second kappa shape index (κ2) is 6.54. The zero-order chi connectivity index (χ0) is 16.4. The van der Waals surface area contributed by atoms with Crippen LogP contribution in [0.1, 0.15) is 5.56 Å². The molecule has 0 N–H and O–H groups in total. The van der Waals surface area contributed by atoms with Gasteiger partial charge in [0.1, 0.15) is 6.61 Å². The lowest BCUT2D eigenvalue weighted by Gasteiger charge is -2.43. The second-order valence-corrected chi connectivity index (χ2v) is 8.22. The fourth-order valence-electron chi connectivity index (χ4n) is 3.46. The first-order valence-electron chi connectivity index (χ1n) is 7.62. The molecule has 126 valence electrons. The SMILES string of the molecule is COCC(=O)N1CCN(Cc2cccnc2)[C@H]2CS(=O)(=O)C[C@H]21. The van der Waals surface area contributed by atoms with E-state index in [1.54, 1.807) is 17.3 Å². The van der Waals surface area contributed by atoms with Gasteiger partial charge in [-0.2, -0.15) is 0 Å². The van der Waals surface area contributed by atoms with Crippen LogP contribution >= 0.6 is 0 Å². The molecular weight excluding hydrogens is 318 g/mol. The Morgan fingerprint density at radius 3 is 2.83 bits per heavy atom. The molecule has 0 aliphatic carbocycles. The molecule has 23 heavy (non-hydrogen) atoms. The fourth-order valence-corrected chi connectivity index (χ4v) is 5.48. The van der Waals surface area contributed by atoms with E-state index in [9.17, 15) is 13.2 Å². The van der Waals surface area contributed by atoms with Gasteiger partial charge in [0.2, 0.25) is 5.91 Å². The lowest BCUT2D eigenvalue weighted by molar-refractivity contribution is -0.141. The number of rotatable bonds is 4. The van der Waals surface area contributed by atoms with E-state index in [2.05, 4.69) is 9.88 Å². The lowest BCUT2D eigenvalue weighted by atomic mass is 10.0. The maximum absolute atomic E-state index is 12.2. The molecular formula is C15H21N3O4S. The summed E-state index contributed by atoms with van der Waals surface area (Å²) in [5.74, 6) is 0.00589. The second-order valence-electron chi connectivity index (χ2n) is 6.06. The number of aromatic nitrogens is 1. The number of sulfone groups is 1. The molecule has 3 heterocycles. The normalized spacial score (nSPS) is 26.9. The molecule has 0 bridgehead atoms. The molecule has 8 heteroatoms. The summed E-state index contributed by atoms with van der Waals surface area (Å²) in [7, 11) is -1.66. The van der Waals surface area contributed by atoms with E-state index in [1.165, 1.54) is 7.11 Å². The maximum Gasteiger partial charge on any atom is 0.248 e. The quantitative estimate of drug-likeness (QED) is 0.738. The molecule has 0 saturated carbocycles. The summed E-state index contributed by atoms with van der Waals surface area (Å²) in [6.45, 7) is 1.82. The summed E-state index contributed by atoms with van der Waals surface area (Å²) in [5, 5.41) is 0. The van der Waals surface area contributed by atoms with E-state index in [0.717, 1.165) is 5.56 Å². The molecule has 2 aliphatic heterocycles. The Morgan fingerprint density at radius 2 is 2.13 bits per heavy atom. The van der Waals surface area contributed by atoms with Gasteiger partial charge >= 0.3 is 0 Å². The highest BCUT2D eigenvalue weighted by molar-refractivity contribution is 7.91. The first-order valence-corrected chi connectivity index (χ1v) is 9.44. The summed E-state index contributed by atoms with van der Waals surface area (Å²) >= 11 is 0. The maximum atomic E-state index is 12.2. The number of amides is 1. The van der Waals surface area contributed by atoms with Crippen molar-refractivity contribution in [3.8, 4) is 0 Å². The first kappa shape index (κ1) is 16.4. The van der Waals surface area contributed by atoms with Crippen molar-refractivity contribution >= 4 is 15.7 Å². The van der Waals surface area contributed by atoms with Crippen LogP contribution in [-0.4, -0.2) is 79.5 Å². The number of piperazine rings is 1. The predicted octanol–water partition coefficient (Wildman–Crippen LogP) is -0.462. The van der Waals surface area contributed by atoms with Crippen LogP contribution < -0.4 is 0 Å². The van der Waals surface area contributed by atoms with Crippen LogP contribution in [0.25, 0.3) is 0 Å². The van der Waals surface area contributed by atoms with Crippen LogP contribution in [0.3, 0.4) is 0 Å². The van der Waals surface area contributed by atoms with E-state index in [1.807, 2.05) is 12.1 Å².